The lowest BCUT2D eigenvalue weighted by Crippen LogP contribution is -2.26. The molecule has 0 unspecified atom stereocenters. The predicted molar refractivity (Wildman–Crippen MR) is 80.9 cm³/mol. The molecule has 0 atom stereocenters. The molecule has 1 aromatic heterocycles. The van der Waals surface area contributed by atoms with Crippen molar-refractivity contribution in [3.05, 3.63) is 40.5 Å². The maximum Gasteiger partial charge on any atom is 0.280 e. The smallest absolute Gasteiger partial charge is 0.280 e. The summed E-state index contributed by atoms with van der Waals surface area (Å²) in [6, 6.07) is 5.63. The lowest BCUT2D eigenvalue weighted by Gasteiger charge is -2.21. The summed E-state index contributed by atoms with van der Waals surface area (Å²) in [5, 5.41) is 7.18. The topological polar surface area (TPSA) is 76.0 Å². The first-order valence-electron chi connectivity index (χ1n) is 6.51. The van der Waals surface area contributed by atoms with Crippen LogP contribution in [0.1, 0.15) is 11.1 Å². The van der Waals surface area contributed by atoms with Crippen molar-refractivity contribution in [3.8, 4) is 0 Å². The molecule has 1 aliphatic heterocycles. The molecule has 112 valence electrons. The molecular formula is C13H15ClN4O2S. The van der Waals surface area contributed by atoms with E-state index in [4.69, 9.17) is 11.6 Å². The molecule has 0 spiro atoms. The van der Waals surface area contributed by atoms with Crippen molar-refractivity contribution >= 4 is 27.3 Å². The van der Waals surface area contributed by atoms with Crippen LogP contribution in [0.4, 0.5) is 5.69 Å². The van der Waals surface area contributed by atoms with Crippen molar-refractivity contribution in [2.45, 2.75) is 18.0 Å². The van der Waals surface area contributed by atoms with Crippen molar-refractivity contribution < 1.29 is 8.42 Å². The Morgan fingerprint density at radius 2 is 2.24 bits per heavy atom. The molecule has 0 saturated carbocycles. The summed E-state index contributed by atoms with van der Waals surface area (Å²) in [6.45, 7) is 1.55. The average Bonchev–Trinajstić information content (AvgIpc) is 2.79. The van der Waals surface area contributed by atoms with Crippen LogP contribution in [0.15, 0.2) is 29.4 Å². The maximum atomic E-state index is 12.5. The summed E-state index contributed by atoms with van der Waals surface area (Å²) in [5.74, 6) is 0. The number of sulfonamides is 1. The molecule has 1 aliphatic rings. The molecule has 2 heterocycles. The second kappa shape index (κ2) is 5.32. The van der Waals surface area contributed by atoms with E-state index in [1.54, 1.807) is 13.1 Å². The molecule has 0 amide bonds. The molecule has 2 aromatic rings. The van der Waals surface area contributed by atoms with E-state index in [0.717, 1.165) is 24.1 Å². The third kappa shape index (κ3) is 2.64. The number of aromatic nitrogens is 2. The van der Waals surface area contributed by atoms with Crippen LogP contribution in [-0.4, -0.2) is 24.7 Å². The number of halogens is 1. The van der Waals surface area contributed by atoms with E-state index >= 15 is 0 Å². The average molecular weight is 327 g/mol. The Kier molecular flexibility index (Phi) is 3.64. The molecule has 3 rings (SSSR count). The van der Waals surface area contributed by atoms with Gasteiger partial charge in [0.05, 0.1) is 16.9 Å². The van der Waals surface area contributed by atoms with Crippen LogP contribution >= 0.6 is 11.6 Å². The van der Waals surface area contributed by atoms with Crippen LogP contribution in [0.5, 0.6) is 0 Å². The highest BCUT2D eigenvalue weighted by Gasteiger charge is 2.24. The number of aryl methyl sites for hydroxylation is 1. The van der Waals surface area contributed by atoms with E-state index in [9.17, 15) is 8.42 Å². The summed E-state index contributed by atoms with van der Waals surface area (Å²) in [6.07, 6.45) is 2.20. The number of anilines is 1. The first-order chi connectivity index (χ1) is 9.99. The Bertz CT molecular complexity index is 766. The highest BCUT2D eigenvalue weighted by molar-refractivity contribution is 7.92. The van der Waals surface area contributed by atoms with Crippen LogP contribution in [-0.2, 0) is 30.0 Å². The number of fused-ring (bicyclic) bond motifs is 1. The zero-order valence-corrected chi connectivity index (χ0v) is 13.0. The van der Waals surface area contributed by atoms with Gasteiger partial charge in [0.15, 0.2) is 5.03 Å². The highest BCUT2D eigenvalue weighted by atomic mass is 35.5. The molecule has 0 bridgehead atoms. The quantitative estimate of drug-likeness (QED) is 0.896. The molecule has 2 N–H and O–H groups in total. The van der Waals surface area contributed by atoms with Crippen LogP contribution < -0.4 is 10.0 Å². The SMILES string of the molecule is Cn1ncc(Cl)c1S(=O)(=O)Nc1cccc2c1CNCC2. The van der Waals surface area contributed by atoms with Crippen molar-refractivity contribution in [2.75, 3.05) is 11.3 Å². The van der Waals surface area contributed by atoms with Gasteiger partial charge >= 0.3 is 0 Å². The predicted octanol–water partition coefficient (Wildman–Crippen LogP) is 1.52. The molecular weight excluding hydrogens is 312 g/mol. The number of nitrogens with zero attached hydrogens (tertiary/aromatic N) is 2. The Morgan fingerprint density at radius 3 is 2.95 bits per heavy atom. The van der Waals surface area contributed by atoms with Crippen molar-refractivity contribution in [1.82, 2.24) is 15.1 Å². The number of benzene rings is 1. The van der Waals surface area contributed by atoms with E-state index in [1.807, 2.05) is 12.1 Å². The minimum Gasteiger partial charge on any atom is -0.312 e. The van der Waals surface area contributed by atoms with Gasteiger partial charge in [0, 0.05) is 13.6 Å². The summed E-state index contributed by atoms with van der Waals surface area (Å²) in [5.41, 5.74) is 2.72. The van der Waals surface area contributed by atoms with Crippen LogP contribution in [0.25, 0.3) is 0 Å². The number of hydrogen-bond donors (Lipinski definition) is 2. The fourth-order valence-electron chi connectivity index (χ4n) is 2.50. The van der Waals surface area contributed by atoms with Crippen molar-refractivity contribution in [3.63, 3.8) is 0 Å². The molecule has 0 aliphatic carbocycles. The summed E-state index contributed by atoms with van der Waals surface area (Å²) in [4.78, 5) is 0. The number of hydrogen-bond acceptors (Lipinski definition) is 4. The van der Waals surface area contributed by atoms with Gasteiger partial charge < -0.3 is 5.32 Å². The Hall–Kier alpha value is -1.57. The standard InChI is InChI=1S/C13H15ClN4O2S/c1-18-13(11(14)8-16-18)21(19,20)17-12-4-2-3-9-5-6-15-7-10(9)12/h2-4,8,15,17H,5-7H2,1H3. The van der Waals surface area contributed by atoms with Crippen LogP contribution in [0.2, 0.25) is 5.02 Å². The molecule has 0 radical (unpaired) electrons. The minimum atomic E-state index is -3.77. The third-order valence-corrected chi connectivity index (χ3v) is 5.36. The molecule has 1 aromatic carbocycles. The zero-order valence-electron chi connectivity index (χ0n) is 11.4. The van der Waals surface area contributed by atoms with Gasteiger partial charge in [0.2, 0.25) is 0 Å². The molecule has 0 fully saturated rings. The van der Waals surface area contributed by atoms with Crippen LogP contribution in [0, 0.1) is 0 Å². The normalized spacial score (nSPS) is 14.8. The minimum absolute atomic E-state index is 0.0365. The van der Waals surface area contributed by atoms with E-state index < -0.39 is 10.0 Å². The van der Waals surface area contributed by atoms with Crippen molar-refractivity contribution in [1.29, 1.82) is 0 Å². The Balaban J connectivity index is 2.01. The lowest BCUT2D eigenvalue weighted by molar-refractivity contribution is 0.582. The lowest BCUT2D eigenvalue weighted by atomic mass is 10.00. The monoisotopic (exact) mass is 326 g/mol. The molecule has 8 heteroatoms. The Labute approximate surface area is 128 Å². The number of rotatable bonds is 3. The maximum absolute atomic E-state index is 12.5. The molecule has 6 nitrogen and oxygen atoms in total. The van der Waals surface area contributed by atoms with Gasteiger partial charge in [0.1, 0.15) is 0 Å². The summed E-state index contributed by atoms with van der Waals surface area (Å²) in [7, 11) is -2.23. The fourth-order valence-corrected chi connectivity index (χ4v) is 4.26. The first kappa shape index (κ1) is 14.4. The fraction of sp³-hybridized carbons (Fsp3) is 0.308. The van der Waals surface area contributed by atoms with Gasteiger partial charge in [-0.3, -0.25) is 9.40 Å². The largest absolute Gasteiger partial charge is 0.312 e. The second-order valence-electron chi connectivity index (χ2n) is 4.90. The zero-order chi connectivity index (χ0) is 15.0. The highest BCUT2D eigenvalue weighted by Crippen LogP contribution is 2.27. The van der Waals surface area contributed by atoms with E-state index in [1.165, 1.54) is 10.9 Å². The molecule has 21 heavy (non-hydrogen) atoms. The second-order valence-corrected chi connectivity index (χ2v) is 6.90. The first-order valence-corrected chi connectivity index (χ1v) is 8.37. The Morgan fingerprint density at radius 1 is 1.43 bits per heavy atom. The van der Waals surface area contributed by atoms with Gasteiger partial charge in [0.25, 0.3) is 10.0 Å². The van der Waals surface area contributed by atoms with Gasteiger partial charge in [-0.2, -0.15) is 13.5 Å². The van der Waals surface area contributed by atoms with Gasteiger partial charge in [-0.05, 0) is 30.2 Å². The number of nitrogens with one attached hydrogen (secondary N) is 2. The summed E-state index contributed by atoms with van der Waals surface area (Å²) >= 11 is 5.92. The summed E-state index contributed by atoms with van der Waals surface area (Å²) < 4.78 is 28.9. The van der Waals surface area contributed by atoms with Gasteiger partial charge in [-0.25, -0.2) is 0 Å². The molecule has 0 saturated heterocycles. The third-order valence-electron chi connectivity index (χ3n) is 3.49. The van der Waals surface area contributed by atoms with E-state index in [-0.39, 0.29) is 10.0 Å². The van der Waals surface area contributed by atoms with Crippen molar-refractivity contribution in [2.24, 2.45) is 7.05 Å². The van der Waals surface area contributed by atoms with Gasteiger partial charge in [-0.15, -0.1) is 0 Å². The van der Waals surface area contributed by atoms with E-state index in [0.29, 0.717) is 12.2 Å². The van der Waals surface area contributed by atoms with E-state index in [2.05, 4.69) is 15.1 Å². The van der Waals surface area contributed by atoms with Gasteiger partial charge in [-0.1, -0.05) is 23.7 Å². The van der Waals surface area contributed by atoms with Crippen LogP contribution in [0.3, 0.4) is 0 Å².